The zero-order chi connectivity index (χ0) is 14.4. The van der Waals surface area contributed by atoms with Crippen LogP contribution in [-0.4, -0.2) is 26.5 Å². The summed E-state index contributed by atoms with van der Waals surface area (Å²) < 4.78 is 1.78. The molecule has 0 aliphatic rings. The van der Waals surface area contributed by atoms with E-state index in [4.69, 9.17) is 0 Å². The summed E-state index contributed by atoms with van der Waals surface area (Å²) in [6.45, 7) is 3.99. The van der Waals surface area contributed by atoms with Crippen LogP contribution in [0.2, 0.25) is 0 Å². The van der Waals surface area contributed by atoms with Crippen molar-refractivity contribution in [1.29, 1.82) is 0 Å². The van der Waals surface area contributed by atoms with Crippen LogP contribution in [0.4, 0.5) is 5.69 Å². The van der Waals surface area contributed by atoms with Crippen molar-refractivity contribution in [2.24, 2.45) is 0 Å². The zero-order valence-corrected chi connectivity index (χ0v) is 11.3. The Labute approximate surface area is 116 Å². The highest BCUT2D eigenvalue weighted by Gasteiger charge is 2.10. The Morgan fingerprint density at radius 1 is 1.45 bits per heavy atom. The van der Waals surface area contributed by atoms with E-state index in [1.54, 1.807) is 29.9 Å². The van der Waals surface area contributed by atoms with Gasteiger partial charge in [0.05, 0.1) is 11.1 Å². The average molecular weight is 275 g/mol. The van der Waals surface area contributed by atoms with E-state index in [-0.39, 0.29) is 10.6 Å². The van der Waals surface area contributed by atoms with E-state index in [0.29, 0.717) is 12.1 Å². The molecule has 0 aliphatic carbocycles. The molecule has 20 heavy (non-hydrogen) atoms. The van der Waals surface area contributed by atoms with E-state index in [1.807, 2.05) is 12.3 Å². The lowest BCUT2D eigenvalue weighted by atomic mass is 10.1. The van der Waals surface area contributed by atoms with Gasteiger partial charge in [0.15, 0.2) is 0 Å². The molecule has 1 N–H and O–H groups in total. The zero-order valence-electron chi connectivity index (χ0n) is 11.3. The van der Waals surface area contributed by atoms with Gasteiger partial charge < -0.3 is 5.32 Å². The molecule has 0 radical (unpaired) electrons. The summed E-state index contributed by atoms with van der Waals surface area (Å²) in [5.74, 6) is 0. The van der Waals surface area contributed by atoms with E-state index in [0.717, 1.165) is 25.1 Å². The minimum atomic E-state index is -0.344. The fourth-order valence-electron chi connectivity index (χ4n) is 1.91. The first-order valence-electron chi connectivity index (χ1n) is 6.45. The number of nitro groups is 1. The number of nitrogens with one attached hydrogen (secondary N) is 1. The number of nitro benzene ring substituents is 1. The van der Waals surface area contributed by atoms with Gasteiger partial charge in [0.2, 0.25) is 0 Å². The molecule has 0 spiro atoms. The molecule has 1 aromatic heterocycles. The van der Waals surface area contributed by atoms with Gasteiger partial charge in [0, 0.05) is 30.9 Å². The van der Waals surface area contributed by atoms with E-state index in [1.165, 1.54) is 0 Å². The Hall–Kier alpha value is -2.28. The summed E-state index contributed by atoms with van der Waals surface area (Å²) >= 11 is 0. The van der Waals surface area contributed by atoms with Gasteiger partial charge in [0.1, 0.15) is 0 Å². The first-order valence-corrected chi connectivity index (χ1v) is 6.45. The highest BCUT2D eigenvalue weighted by molar-refractivity contribution is 5.42. The summed E-state index contributed by atoms with van der Waals surface area (Å²) in [5, 5.41) is 21.7. The van der Waals surface area contributed by atoms with E-state index in [9.17, 15) is 10.1 Å². The van der Waals surface area contributed by atoms with Crippen molar-refractivity contribution in [1.82, 2.24) is 20.3 Å². The van der Waals surface area contributed by atoms with Crippen LogP contribution in [0.5, 0.6) is 0 Å². The summed E-state index contributed by atoms with van der Waals surface area (Å²) in [4.78, 5) is 10.5. The number of aryl methyl sites for hydroxylation is 2. The molecule has 7 nitrogen and oxygen atoms in total. The molecule has 7 heteroatoms. The smallest absolute Gasteiger partial charge is 0.272 e. The average Bonchev–Trinajstić information content (AvgIpc) is 2.93. The molecular formula is C13H17N5O2. The topological polar surface area (TPSA) is 85.9 Å². The van der Waals surface area contributed by atoms with Crippen molar-refractivity contribution < 1.29 is 4.92 Å². The lowest BCUT2D eigenvalue weighted by Gasteiger charge is -2.06. The molecular weight excluding hydrogens is 258 g/mol. The Morgan fingerprint density at radius 2 is 2.30 bits per heavy atom. The van der Waals surface area contributed by atoms with Crippen molar-refractivity contribution >= 4 is 5.69 Å². The molecule has 0 fully saturated rings. The van der Waals surface area contributed by atoms with Gasteiger partial charge in [-0.1, -0.05) is 17.3 Å². The monoisotopic (exact) mass is 275 g/mol. The molecule has 0 unspecified atom stereocenters. The molecule has 0 saturated heterocycles. The molecule has 106 valence electrons. The highest BCUT2D eigenvalue weighted by Crippen LogP contribution is 2.18. The summed E-state index contributed by atoms with van der Waals surface area (Å²) in [6.07, 6.45) is 4.40. The second-order valence-electron chi connectivity index (χ2n) is 4.57. The minimum Gasteiger partial charge on any atom is -0.313 e. The quantitative estimate of drug-likeness (QED) is 0.472. The summed E-state index contributed by atoms with van der Waals surface area (Å²) in [7, 11) is 0. The van der Waals surface area contributed by atoms with Crippen LogP contribution in [-0.2, 0) is 13.1 Å². The minimum absolute atomic E-state index is 0.173. The molecule has 0 amide bonds. The molecule has 1 aromatic carbocycles. The van der Waals surface area contributed by atoms with Crippen LogP contribution in [0.1, 0.15) is 17.5 Å². The molecule has 0 atom stereocenters. The summed E-state index contributed by atoms with van der Waals surface area (Å²) in [5.41, 5.74) is 1.78. The fourth-order valence-corrected chi connectivity index (χ4v) is 1.91. The number of rotatable bonds is 7. The van der Waals surface area contributed by atoms with Crippen LogP contribution in [0, 0.1) is 17.0 Å². The molecule has 2 rings (SSSR count). The first-order chi connectivity index (χ1) is 9.66. The number of nitrogens with zero attached hydrogens (tertiary/aromatic N) is 4. The number of benzene rings is 1. The van der Waals surface area contributed by atoms with Crippen LogP contribution < -0.4 is 5.32 Å². The van der Waals surface area contributed by atoms with Gasteiger partial charge in [0.25, 0.3) is 5.69 Å². The normalized spacial score (nSPS) is 10.7. The highest BCUT2D eigenvalue weighted by atomic mass is 16.6. The lowest BCUT2D eigenvalue weighted by molar-refractivity contribution is -0.385. The Balaban J connectivity index is 1.76. The maximum absolute atomic E-state index is 10.9. The van der Waals surface area contributed by atoms with Gasteiger partial charge in [-0.2, -0.15) is 0 Å². The molecule has 0 bridgehead atoms. The molecule has 0 aliphatic heterocycles. The molecule has 1 heterocycles. The third-order valence-corrected chi connectivity index (χ3v) is 3.01. The standard InChI is InChI=1S/C13H17N5O2/c1-11-3-4-12(9-13(11)18(19)20)10-14-5-2-7-17-8-6-15-16-17/h3-4,6,8-9,14H,2,5,7,10H2,1H3. The molecule has 0 saturated carbocycles. The SMILES string of the molecule is Cc1ccc(CNCCCn2ccnn2)cc1[N+](=O)[O-]. The second-order valence-corrected chi connectivity index (χ2v) is 4.57. The predicted octanol–water partition coefficient (Wildman–Crippen LogP) is 1.67. The lowest BCUT2D eigenvalue weighted by Crippen LogP contribution is -2.16. The van der Waals surface area contributed by atoms with Crippen molar-refractivity contribution in [2.75, 3.05) is 6.54 Å². The molecule has 2 aromatic rings. The van der Waals surface area contributed by atoms with Gasteiger partial charge in [-0.15, -0.1) is 5.10 Å². The van der Waals surface area contributed by atoms with Crippen molar-refractivity contribution in [3.05, 3.63) is 51.8 Å². The Kier molecular flexibility index (Phi) is 4.78. The number of aromatic nitrogens is 3. The van der Waals surface area contributed by atoms with Crippen LogP contribution in [0.15, 0.2) is 30.6 Å². The third-order valence-electron chi connectivity index (χ3n) is 3.01. The van der Waals surface area contributed by atoms with Crippen molar-refractivity contribution in [3.63, 3.8) is 0 Å². The fraction of sp³-hybridized carbons (Fsp3) is 0.385. The second kappa shape index (κ2) is 6.76. The first kappa shape index (κ1) is 14.1. The largest absolute Gasteiger partial charge is 0.313 e. The van der Waals surface area contributed by atoms with Gasteiger partial charge >= 0.3 is 0 Å². The van der Waals surface area contributed by atoms with E-state index in [2.05, 4.69) is 15.6 Å². The third kappa shape index (κ3) is 3.86. The maximum atomic E-state index is 10.9. The van der Waals surface area contributed by atoms with Crippen LogP contribution in [0.25, 0.3) is 0 Å². The van der Waals surface area contributed by atoms with Crippen molar-refractivity contribution in [2.45, 2.75) is 26.4 Å². The number of hydrogen-bond donors (Lipinski definition) is 1. The van der Waals surface area contributed by atoms with E-state index < -0.39 is 0 Å². The van der Waals surface area contributed by atoms with Crippen LogP contribution in [0.3, 0.4) is 0 Å². The van der Waals surface area contributed by atoms with Gasteiger partial charge in [-0.25, -0.2) is 0 Å². The maximum Gasteiger partial charge on any atom is 0.272 e. The van der Waals surface area contributed by atoms with Crippen molar-refractivity contribution in [3.8, 4) is 0 Å². The predicted molar refractivity (Wildman–Crippen MR) is 74.2 cm³/mol. The Bertz CT molecular complexity index is 568. The van der Waals surface area contributed by atoms with Gasteiger partial charge in [-0.05, 0) is 25.5 Å². The van der Waals surface area contributed by atoms with Crippen LogP contribution >= 0.6 is 0 Å². The van der Waals surface area contributed by atoms with E-state index >= 15 is 0 Å². The number of hydrogen-bond acceptors (Lipinski definition) is 5. The van der Waals surface area contributed by atoms with Gasteiger partial charge in [-0.3, -0.25) is 14.8 Å². The Morgan fingerprint density at radius 3 is 3.00 bits per heavy atom. The summed E-state index contributed by atoms with van der Waals surface area (Å²) in [6, 6.07) is 5.32.